The highest BCUT2D eigenvalue weighted by Gasteiger charge is 2.22. The van der Waals surface area contributed by atoms with E-state index in [-0.39, 0.29) is 11.8 Å². The van der Waals surface area contributed by atoms with E-state index >= 15 is 0 Å². The van der Waals surface area contributed by atoms with E-state index in [0.717, 1.165) is 43.6 Å². The second-order valence-corrected chi connectivity index (χ2v) is 7.56. The van der Waals surface area contributed by atoms with Crippen molar-refractivity contribution in [1.29, 1.82) is 0 Å². The van der Waals surface area contributed by atoms with Gasteiger partial charge in [0.2, 0.25) is 10.0 Å². The average molecular weight is 311 g/mol. The third kappa shape index (κ3) is 5.39. The molecule has 2 N–H and O–H groups in total. The van der Waals surface area contributed by atoms with Crippen LogP contribution in [-0.2, 0) is 22.3 Å². The van der Waals surface area contributed by atoms with E-state index in [1.54, 1.807) is 0 Å². The molecule has 118 valence electrons. The Hall–Kier alpha value is -0.950. The zero-order valence-electron chi connectivity index (χ0n) is 12.8. The molecule has 0 radical (unpaired) electrons. The molecular weight excluding hydrogens is 286 g/mol. The third-order valence-electron chi connectivity index (χ3n) is 3.83. The summed E-state index contributed by atoms with van der Waals surface area (Å²) in [6.45, 7) is 2.69. The Morgan fingerprint density at radius 3 is 2.29 bits per heavy atom. The summed E-state index contributed by atoms with van der Waals surface area (Å²) >= 11 is 0. The Morgan fingerprint density at radius 1 is 1.14 bits per heavy atom. The molecule has 1 aromatic carbocycles. The predicted molar refractivity (Wildman–Crippen MR) is 85.5 cm³/mol. The fourth-order valence-electron chi connectivity index (χ4n) is 2.60. The number of hydrogen-bond acceptors (Lipinski definition) is 4. The number of nitrogens with one attached hydrogen (secondary N) is 2. The molecule has 0 unspecified atom stereocenters. The van der Waals surface area contributed by atoms with Crippen molar-refractivity contribution < 1.29 is 8.42 Å². The Bertz CT molecular complexity index is 535. The van der Waals surface area contributed by atoms with Gasteiger partial charge in [0.1, 0.15) is 0 Å². The minimum Gasteiger partial charge on any atom is -0.316 e. The number of sulfonamides is 1. The quantitative estimate of drug-likeness (QED) is 0.820. The molecule has 1 saturated heterocycles. The van der Waals surface area contributed by atoms with Gasteiger partial charge in [0.05, 0.1) is 5.75 Å². The number of benzene rings is 1. The second kappa shape index (κ2) is 7.35. The first-order chi connectivity index (χ1) is 9.98. The maximum atomic E-state index is 12.2. The van der Waals surface area contributed by atoms with Gasteiger partial charge in [0.15, 0.2) is 0 Å². The molecule has 0 atom stereocenters. The summed E-state index contributed by atoms with van der Waals surface area (Å²) in [5.41, 5.74) is 1.98. The number of rotatable bonds is 6. The van der Waals surface area contributed by atoms with Crippen molar-refractivity contribution in [2.45, 2.75) is 31.2 Å². The van der Waals surface area contributed by atoms with E-state index in [0.29, 0.717) is 0 Å². The van der Waals surface area contributed by atoms with Gasteiger partial charge >= 0.3 is 0 Å². The van der Waals surface area contributed by atoms with E-state index in [1.807, 2.05) is 31.3 Å². The van der Waals surface area contributed by atoms with Crippen LogP contribution < -0.4 is 10.0 Å². The van der Waals surface area contributed by atoms with E-state index in [4.69, 9.17) is 0 Å². The van der Waals surface area contributed by atoms with Crippen molar-refractivity contribution in [1.82, 2.24) is 14.9 Å². The zero-order valence-corrected chi connectivity index (χ0v) is 13.6. The van der Waals surface area contributed by atoms with Gasteiger partial charge in [-0.05, 0) is 51.2 Å². The Kier molecular flexibility index (Phi) is 5.75. The van der Waals surface area contributed by atoms with Gasteiger partial charge in [-0.25, -0.2) is 13.1 Å². The molecule has 5 nitrogen and oxygen atoms in total. The largest absolute Gasteiger partial charge is 0.316 e. The van der Waals surface area contributed by atoms with Crippen molar-refractivity contribution in [2.24, 2.45) is 0 Å². The molecular formula is C15H25N3O2S. The summed E-state index contributed by atoms with van der Waals surface area (Å²) in [6, 6.07) is 7.80. The maximum absolute atomic E-state index is 12.2. The number of piperidine rings is 1. The third-order valence-corrected chi connectivity index (χ3v) is 5.23. The maximum Gasteiger partial charge on any atom is 0.216 e. The highest BCUT2D eigenvalue weighted by atomic mass is 32.2. The van der Waals surface area contributed by atoms with Gasteiger partial charge < -0.3 is 10.2 Å². The van der Waals surface area contributed by atoms with Gasteiger partial charge in [-0.15, -0.1) is 0 Å². The van der Waals surface area contributed by atoms with Crippen LogP contribution in [0.3, 0.4) is 0 Å². The molecule has 0 bridgehead atoms. The fraction of sp³-hybridized carbons (Fsp3) is 0.600. The topological polar surface area (TPSA) is 61.4 Å². The summed E-state index contributed by atoms with van der Waals surface area (Å²) in [6.07, 6.45) is 1.77. The standard InChI is InChI=1S/C15H25N3O2S/c1-16-11-13-3-5-14(6-4-13)12-21(19,20)17-15-7-9-18(2)10-8-15/h3-6,15-17H,7-12H2,1-2H3. The van der Waals surface area contributed by atoms with E-state index in [1.165, 1.54) is 0 Å². The molecule has 0 amide bonds. The first-order valence-electron chi connectivity index (χ1n) is 7.39. The predicted octanol–water partition coefficient (Wildman–Crippen LogP) is 0.920. The van der Waals surface area contributed by atoms with E-state index in [2.05, 4.69) is 22.0 Å². The van der Waals surface area contributed by atoms with Crippen molar-refractivity contribution in [3.05, 3.63) is 35.4 Å². The molecule has 0 aliphatic carbocycles. The van der Waals surface area contributed by atoms with Crippen LogP contribution in [0.5, 0.6) is 0 Å². The molecule has 0 saturated carbocycles. The van der Waals surface area contributed by atoms with Crippen LogP contribution in [0, 0.1) is 0 Å². The monoisotopic (exact) mass is 311 g/mol. The van der Waals surface area contributed by atoms with Crippen molar-refractivity contribution in [3.63, 3.8) is 0 Å². The molecule has 0 spiro atoms. The summed E-state index contributed by atoms with van der Waals surface area (Å²) in [5.74, 6) is 0.0547. The molecule has 1 aromatic rings. The smallest absolute Gasteiger partial charge is 0.216 e. The van der Waals surface area contributed by atoms with Crippen LogP contribution in [-0.4, -0.2) is 46.5 Å². The highest BCUT2D eigenvalue weighted by Crippen LogP contribution is 2.12. The molecule has 1 fully saturated rings. The average Bonchev–Trinajstić information content (AvgIpc) is 2.43. The van der Waals surface area contributed by atoms with Gasteiger partial charge in [-0.2, -0.15) is 0 Å². The van der Waals surface area contributed by atoms with Crippen LogP contribution in [0.1, 0.15) is 24.0 Å². The minimum atomic E-state index is -3.26. The Labute approximate surface area is 127 Å². The lowest BCUT2D eigenvalue weighted by atomic mass is 10.1. The zero-order chi connectivity index (χ0) is 15.3. The van der Waals surface area contributed by atoms with Gasteiger partial charge in [-0.3, -0.25) is 0 Å². The van der Waals surface area contributed by atoms with Crippen LogP contribution in [0.2, 0.25) is 0 Å². The van der Waals surface area contributed by atoms with E-state index in [9.17, 15) is 8.42 Å². The number of hydrogen-bond donors (Lipinski definition) is 2. The SMILES string of the molecule is CNCc1ccc(CS(=O)(=O)NC2CCN(C)CC2)cc1. The van der Waals surface area contributed by atoms with Crippen molar-refractivity contribution >= 4 is 10.0 Å². The second-order valence-electron chi connectivity index (χ2n) is 5.80. The molecule has 1 aliphatic heterocycles. The molecule has 0 aromatic heterocycles. The van der Waals surface area contributed by atoms with Crippen LogP contribution >= 0.6 is 0 Å². The Morgan fingerprint density at radius 2 is 1.71 bits per heavy atom. The van der Waals surface area contributed by atoms with Crippen LogP contribution in [0.15, 0.2) is 24.3 Å². The lowest BCUT2D eigenvalue weighted by Gasteiger charge is -2.29. The molecule has 21 heavy (non-hydrogen) atoms. The minimum absolute atomic E-state index is 0.0547. The molecule has 1 aliphatic rings. The normalized spacial score (nSPS) is 18.0. The highest BCUT2D eigenvalue weighted by molar-refractivity contribution is 7.88. The first kappa shape index (κ1) is 16.4. The molecule has 2 rings (SSSR count). The summed E-state index contributed by atoms with van der Waals surface area (Å²) < 4.78 is 27.3. The number of likely N-dealkylation sites (tertiary alicyclic amines) is 1. The summed E-state index contributed by atoms with van der Waals surface area (Å²) in [5, 5.41) is 3.07. The lowest BCUT2D eigenvalue weighted by Crippen LogP contribution is -2.43. The first-order valence-corrected chi connectivity index (χ1v) is 9.05. The number of nitrogens with zero attached hydrogens (tertiary/aromatic N) is 1. The van der Waals surface area contributed by atoms with Crippen molar-refractivity contribution in [2.75, 3.05) is 27.2 Å². The van der Waals surface area contributed by atoms with Gasteiger partial charge in [0.25, 0.3) is 0 Å². The van der Waals surface area contributed by atoms with Crippen molar-refractivity contribution in [3.8, 4) is 0 Å². The van der Waals surface area contributed by atoms with Crippen LogP contribution in [0.25, 0.3) is 0 Å². The van der Waals surface area contributed by atoms with Gasteiger partial charge in [-0.1, -0.05) is 24.3 Å². The van der Waals surface area contributed by atoms with Gasteiger partial charge in [0, 0.05) is 12.6 Å². The molecule has 6 heteroatoms. The van der Waals surface area contributed by atoms with E-state index < -0.39 is 10.0 Å². The lowest BCUT2D eigenvalue weighted by molar-refractivity contribution is 0.248. The fourth-order valence-corrected chi connectivity index (χ4v) is 4.06. The molecule has 1 heterocycles. The summed E-state index contributed by atoms with van der Waals surface area (Å²) in [4.78, 5) is 2.23. The van der Waals surface area contributed by atoms with Crippen LogP contribution in [0.4, 0.5) is 0 Å². The summed E-state index contributed by atoms with van der Waals surface area (Å²) in [7, 11) is 0.699. The Balaban J connectivity index is 1.91.